The van der Waals surface area contributed by atoms with Crippen LogP contribution in [0.4, 0.5) is 16.4 Å². The van der Waals surface area contributed by atoms with Gasteiger partial charge in [0.2, 0.25) is 0 Å². The maximum Gasteiger partial charge on any atom is 0.158 e. The highest BCUT2D eigenvalue weighted by Gasteiger charge is 2.29. The number of aliphatic imine (C=N–C) groups is 1. The zero-order chi connectivity index (χ0) is 17.5. The molecular formula is C20H25N5S. The monoisotopic (exact) mass is 367 g/mol. The molecule has 0 spiro atoms. The number of amidine groups is 1. The lowest BCUT2D eigenvalue weighted by Gasteiger charge is -2.34. The molecule has 5 nitrogen and oxygen atoms in total. The van der Waals surface area contributed by atoms with Crippen LogP contribution in [0.15, 0.2) is 29.3 Å². The van der Waals surface area contributed by atoms with E-state index in [9.17, 15) is 0 Å². The van der Waals surface area contributed by atoms with Crippen LogP contribution in [0, 0.1) is 0 Å². The first-order valence-corrected chi connectivity index (χ1v) is 10.5. The van der Waals surface area contributed by atoms with Crippen molar-refractivity contribution in [2.75, 3.05) is 38.5 Å². The Balaban J connectivity index is 1.58. The zero-order valence-corrected chi connectivity index (χ0v) is 16.1. The van der Waals surface area contributed by atoms with Crippen molar-refractivity contribution < 1.29 is 0 Å². The van der Waals surface area contributed by atoms with Crippen molar-refractivity contribution in [1.29, 1.82) is 0 Å². The highest BCUT2D eigenvalue weighted by Crippen LogP contribution is 2.43. The van der Waals surface area contributed by atoms with Gasteiger partial charge in [-0.05, 0) is 32.0 Å². The summed E-state index contributed by atoms with van der Waals surface area (Å²) < 4.78 is 0. The van der Waals surface area contributed by atoms with Gasteiger partial charge in [-0.15, -0.1) is 11.3 Å². The normalized spacial score (nSPS) is 21.0. The van der Waals surface area contributed by atoms with Gasteiger partial charge in [0.05, 0.1) is 16.4 Å². The molecule has 0 radical (unpaired) electrons. The Morgan fingerprint density at radius 2 is 1.85 bits per heavy atom. The SMILES string of the molecule is CN1CCN(C2=Nc3ccccc3Nc3sc(C4CCCC4)nc32)CC1. The molecule has 0 atom stereocenters. The Bertz CT molecular complexity index is 828. The quantitative estimate of drug-likeness (QED) is 0.821. The van der Waals surface area contributed by atoms with Crippen LogP contribution < -0.4 is 5.32 Å². The lowest BCUT2D eigenvalue weighted by atomic mass is 10.1. The van der Waals surface area contributed by atoms with Gasteiger partial charge in [-0.3, -0.25) is 0 Å². The van der Waals surface area contributed by atoms with Crippen LogP contribution in [-0.2, 0) is 0 Å². The largest absolute Gasteiger partial charge is 0.352 e. The number of fused-ring (bicyclic) bond motifs is 2. The van der Waals surface area contributed by atoms with E-state index in [1.54, 1.807) is 0 Å². The van der Waals surface area contributed by atoms with Crippen molar-refractivity contribution in [3.05, 3.63) is 35.0 Å². The number of hydrogen-bond donors (Lipinski definition) is 1. The summed E-state index contributed by atoms with van der Waals surface area (Å²) in [4.78, 5) is 15.0. The van der Waals surface area contributed by atoms with Gasteiger partial charge in [0.1, 0.15) is 10.7 Å². The fourth-order valence-corrected chi connectivity index (χ4v) is 5.27. The fraction of sp³-hybridized carbons (Fsp3) is 0.500. The van der Waals surface area contributed by atoms with E-state index in [1.807, 2.05) is 11.3 Å². The van der Waals surface area contributed by atoms with Crippen LogP contribution in [0.1, 0.15) is 42.3 Å². The van der Waals surface area contributed by atoms with Crippen molar-refractivity contribution >= 4 is 33.5 Å². The summed E-state index contributed by atoms with van der Waals surface area (Å²) in [6.07, 6.45) is 5.24. The van der Waals surface area contributed by atoms with Gasteiger partial charge in [-0.25, -0.2) is 9.98 Å². The second kappa shape index (κ2) is 6.67. The molecule has 0 unspecified atom stereocenters. The van der Waals surface area contributed by atoms with Gasteiger partial charge in [0.25, 0.3) is 0 Å². The third kappa shape index (κ3) is 2.91. The zero-order valence-electron chi connectivity index (χ0n) is 15.2. The molecule has 1 aliphatic carbocycles. The summed E-state index contributed by atoms with van der Waals surface area (Å²) >= 11 is 1.84. The van der Waals surface area contributed by atoms with Crippen molar-refractivity contribution in [3.63, 3.8) is 0 Å². The summed E-state index contributed by atoms with van der Waals surface area (Å²) in [7, 11) is 2.19. The van der Waals surface area contributed by atoms with Crippen LogP contribution in [0.3, 0.4) is 0 Å². The van der Waals surface area contributed by atoms with E-state index >= 15 is 0 Å². The number of nitrogens with zero attached hydrogens (tertiary/aromatic N) is 4. The van der Waals surface area contributed by atoms with Crippen molar-refractivity contribution in [1.82, 2.24) is 14.8 Å². The lowest BCUT2D eigenvalue weighted by molar-refractivity contribution is 0.215. The molecule has 136 valence electrons. The van der Waals surface area contributed by atoms with Crippen LogP contribution in [-0.4, -0.2) is 53.8 Å². The van der Waals surface area contributed by atoms with E-state index in [2.05, 4.69) is 46.4 Å². The van der Waals surface area contributed by atoms with Gasteiger partial charge < -0.3 is 15.1 Å². The Kier molecular flexibility index (Phi) is 4.17. The summed E-state index contributed by atoms with van der Waals surface area (Å²) in [5.41, 5.74) is 3.14. The molecule has 1 saturated heterocycles. The number of rotatable bonds is 1. The number of nitrogens with one attached hydrogen (secondary N) is 1. The van der Waals surface area contributed by atoms with Crippen molar-refractivity contribution in [2.45, 2.75) is 31.6 Å². The number of anilines is 2. The summed E-state index contributed by atoms with van der Waals surface area (Å²) in [6.45, 7) is 4.16. The standard InChI is InChI=1S/C20H25N5S/c1-24-10-12-25(13-11-24)18-17-20(22-16-9-5-4-8-15(16)21-18)26-19(23-17)14-6-2-3-7-14/h4-5,8-9,14,22H,2-3,6-7,10-13H2,1H3. The van der Waals surface area contributed by atoms with E-state index in [0.717, 1.165) is 54.1 Å². The molecule has 2 aliphatic heterocycles. The Morgan fingerprint density at radius 3 is 2.65 bits per heavy atom. The molecule has 2 aromatic rings. The molecule has 26 heavy (non-hydrogen) atoms. The molecule has 3 heterocycles. The van der Waals surface area contributed by atoms with Crippen LogP contribution in [0.2, 0.25) is 0 Å². The minimum Gasteiger partial charge on any atom is -0.352 e. The molecule has 1 aromatic carbocycles. The van der Waals surface area contributed by atoms with Gasteiger partial charge >= 0.3 is 0 Å². The number of hydrogen-bond acceptors (Lipinski definition) is 6. The second-order valence-electron chi connectivity index (χ2n) is 7.58. The number of thiazole rings is 1. The Labute approximate surface area is 158 Å². The average molecular weight is 368 g/mol. The van der Waals surface area contributed by atoms with Gasteiger partial charge in [-0.1, -0.05) is 25.0 Å². The van der Waals surface area contributed by atoms with Crippen LogP contribution in [0.25, 0.3) is 0 Å². The number of aromatic nitrogens is 1. The van der Waals surface area contributed by atoms with Crippen LogP contribution in [0.5, 0.6) is 0 Å². The van der Waals surface area contributed by atoms with Crippen molar-refractivity contribution in [3.8, 4) is 0 Å². The number of para-hydroxylation sites is 2. The third-order valence-corrected chi connectivity index (χ3v) is 6.87. The van der Waals surface area contributed by atoms with E-state index in [4.69, 9.17) is 9.98 Å². The molecule has 5 rings (SSSR count). The molecule has 1 saturated carbocycles. The minimum absolute atomic E-state index is 0.637. The lowest BCUT2D eigenvalue weighted by Crippen LogP contribution is -2.47. The maximum atomic E-state index is 5.12. The number of piperazine rings is 1. The summed E-state index contributed by atoms with van der Waals surface area (Å²) in [5, 5.41) is 6.08. The van der Waals surface area contributed by atoms with E-state index in [1.165, 1.54) is 30.7 Å². The number of likely N-dealkylation sites (N-methyl/N-ethyl adjacent to an activating group) is 1. The Morgan fingerprint density at radius 1 is 1.08 bits per heavy atom. The predicted molar refractivity (Wildman–Crippen MR) is 108 cm³/mol. The van der Waals surface area contributed by atoms with Gasteiger partial charge in [0, 0.05) is 32.1 Å². The van der Waals surface area contributed by atoms with E-state index in [-0.39, 0.29) is 0 Å². The maximum absolute atomic E-state index is 5.12. The molecular weight excluding hydrogens is 342 g/mol. The highest BCUT2D eigenvalue weighted by molar-refractivity contribution is 7.16. The smallest absolute Gasteiger partial charge is 0.158 e. The van der Waals surface area contributed by atoms with E-state index in [0.29, 0.717) is 5.92 Å². The topological polar surface area (TPSA) is 43.8 Å². The highest BCUT2D eigenvalue weighted by atomic mass is 32.1. The first kappa shape index (κ1) is 16.3. The van der Waals surface area contributed by atoms with Crippen molar-refractivity contribution in [2.24, 2.45) is 4.99 Å². The van der Waals surface area contributed by atoms with E-state index < -0.39 is 0 Å². The molecule has 0 bridgehead atoms. The first-order chi connectivity index (χ1) is 12.8. The molecule has 3 aliphatic rings. The molecule has 1 N–H and O–H groups in total. The van der Waals surface area contributed by atoms with Gasteiger partial charge in [0.15, 0.2) is 5.84 Å². The molecule has 1 aromatic heterocycles. The summed E-state index contributed by atoms with van der Waals surface area (Å²) in [6, 6.07) is 8.33. The number of benzene rings is 1. The molecule has 0 amide bonds. The third-order valence-electron chi connectivity index (χ3n) is 5.74. The fourth-order valence-electron chi connectivity index (χ4n) is 4.13. The molecule has 2 fully saturated rings. The minimum atomic E-state index is 0.637. The van der Waals surface area contributed by atoms with Gasteiger partial charge in [-0.2, -0.15) is 0 Å². The average Bonchev–Trinajstić information content (AvgIpc) is 3.29. The Hall–Kier alpha value is -1.92. The predicted octanol–water partition coefficient (Wildman–Crippen LogP) is 4.18. The molecule has 6 heteroatoms. The first-order valence-electron chi connectivity index (χ1n) is 9.67. The summed E-state index contributed by atoms with van der Waals surface area (Å²) in [5.74, 6) is 1.68. The second-order valence-corrected chi connectivity index (χ2v) is 8.61. The van der Waals surface area contributed by atoms with Crippen LogP contribution >= 0.6 is 11.3 Å².